The molecule has 2 heterocycles. The molecule has 1 N–H and O–H groups in total. The van der Waals surface area contributed by atoms with Gasteiger partial charge in [-0.15, -0.1) is 0 Å². The van der Waals surface area contributed by atoms with E-state index in [4.69, 9.17) is 0 Å². The molecule has 21 heavy (non-hydrogen) atoms. The Balaban J connectivity index is 1.54. The minimum Gasteiger partial charge on any atom is -0.348 e. The van der Waals surface area contributed by atoms with E-state index < -0.39 is 0 Å². The van der Waals surface area contributed by atoms with Gasteiger partial charge in [-0.1, -0.05) is 0 Å². The highest BCUT2D eigenvalue weighted by molar-refractivity contribution is 5.92. The third-order valence-corrected chi connectivity index (χ3v) is 4.28. The van der Waals surface area contributed by atoms with Crippen molar-refractivity contribution in [1.29, 1.82) is 0 Å². The lowest BCUT2D eigenvalue weighted by atomic mass is 9.91. The fourth-order valence-electron chi connectivity index (χ4n) is 2.91. The van der Waals surface area contributed by atoms with E-state index in [1.165, 1.54) is 0 Å². The van der Waals surface area contributed by atoms with Gasteiger partial charge in [-0.25, -0.2) is 0 Å². The Hall–Kier alpha value is -2.11. The van der Waals surface area contributed by atoms with Crippen LogP contribution in [0.1, 0.15) is 47.9 Å². The number of amides is 1. The average Bonchev–Trinajstić information content (AvgIpc) is 3.11. The van der Waals surface area contributed by atoms with E-state index in [0.29, 0.717) is 11.7 Å². The highest BCUT2D eigenvalue weighted by Gasteiger charge is 2.24. The van der Waals surface area contributed by atoms with E-state index in [1.54, 1.807) is 4.68 Å². The van der Waals surface area contributed by atoms with Crippen molar-refractivity contribution in [3.8, 4) is 0 Å². The predicted octanol–water partition coefficient (Wildman–Crippen LogP) is 1.84. The first-order valence-corrected chi connectivity index (χ1v) is 7.44. The Morgan fingerprint density at radius 2 is 2.10 bits per heavy atom. The topological polar surface area (TPSA) is 64.7 Å². The fraction of sp³-hybridized carbons (Fsp3) is 0.533. The summed E-state index contributed by atoms with van der Waals surface area (Å²) in [5.74, 6) is -0.0683. The van der Waals surface area contributed by atoms with Gasteiger partial charge in [0.25, 0.3) is 5.91 Å². The van der Waals surface area contributed by atoms with Gasteiger partial charge in [0.1, 0.15) is 5.69 Å². The second-order valence-electron chi connectivity index (χ2n) is 5.76. The largest absolute Gasteiger partial charge is 0.348 e. The van der Waals surface area contributed by atoms with Crippen molar-refractivity contribution in [2.45, 2.75) is 44.7 Å². The summed E-state index contributed by atoms with van der Waals surface area (Å²) in [7, 11) is 1.85. The summed E-state index contributed by atoms with van der Waals surface area (Å²) in [6.45, 7) is 1.94. The Morgan fingerprint density at radius 3 is 2.67 bits per heavy atom. The molecule has 6 nitrogen and oxygen atoms in total. The smallest absolute Gasteiger partial charge is 0.272 e. The summed E-state index contributed by atoms with van der Waals surface area (Å²) in [5, 5.41) is 11.6. The van der Waals surface area contributed by atoms with Crippen molar-refractivity contribution in [1.82, 2.24) is 24.9 Å². The Bertz CT molecular complexity index is 589. The second kappa shape index (κ2) is 5.71. The highest BCUT2D eigenvalue weighted by atomic mass is 16.2. The van der Waals surface area contributed by atoms with Gasteiger partial charge in [0.05, 0.1) is 6.04 Å². The number of nitrogens with one attached hydrogen (secondary N) is 1. The standard InChI is InChI=1S/C15H21N5O/c1-11-10-14(18-19(11)2)15(21)17-12-4-6-13(7-5-12)20-9-3-8-16-20/h3,8-10,12-13H,4-7H2,1-2H3,(H,17,21). The Labute approximate surface area is 124 Å². The summed E-state index contributed by atoms with van der Waals surface area (Å²) >= 11 is 0. The summed E-state index contributed by atoms with van der Waals surface area (Å²) in [4.78, 5) is 12.2. The van der Waals surface area contributed by atoms with Gasteiger partial charge < -0.3 is 5.32 Å². The maximum atomic E-state index is 12.2. The summed E-state index contributed by atoms with van der Waals surface area (Å²) in [6, 6.07) is 4.49. The van der Waals surface area contributed by atoms with E-state index in [1.807, 2.05) is 43.2 Å². The molecular formula is C15H21N5O. The van der Waals surface area contributed by atoms with Crippen molar-refractivity contribution in [3.63, 3.8) is 0 Å². The first kappa shape index (κ1) is 13.9. The van der Waals surface area contributed by atoms with Crippen LogP contribution in [0.25, 0.3) is 0 Å². The van der Waals surface area contributed by atoms with Crippen LogP contribution in [-0.2, 0) is 7.05 Å². The van der Waals surface area contributed by atoms with Crippen molar-refractivity contribution in [2.75, 3.05) is 0 Å². The van der Waals surface area contributed by atoms with Crippen molar-refractivity contribution in [3.05, 3.63) is 35.9 Å². The third kappa shape index (κ3) is 2.99. The number of carbonyl (C=O) groups is 1. The summed E-state index contributed by atoms with van der Waals surface area (Å²) in [6.07, 6.45) is 7.91. The average molecular weight is 287 g/mol. The van der Waals surface area contributed by atoms with Crippen LogP contribution in [0.2, 0.25) is 0 Å². The lowest BCUT2D eigenvalue weighted by Crippen LogP contribution is -2.38. The zero-order valence-corrected chi connectivity index (χ0v) is 12.5. The van der Waals surface area contributed by atoms with Crippen LogP contribution in [0, 0.1) is 6.92 Å². The van der Waals surface area contributed by atoms with Gasteiger partial charge in [0.15, 0.2) is 0 Å². The maximum Gasteiger partial charge on any atom is 0.272 e. The zero-order valence-electron chi connectivity index (χ0n) is 12.5. The van der Waals surface area contributed by atoms with E-state index in [0.717, 1.165) is 31.4 Å². The first-order chi connectivity index (χ1) is 10.1. The molecule has 1 aliphatic carbocycles. The molecule has 0 bridgehead atoms. The van der Waals surface area contributed by atoms with Crippen LogP contribution in [0.15, 0.2) is 24.5 Å². The quantitative estimate of drug-likeness (QED) is 0.936. The van der Waals surface area contributed by atoms with E-state index in [-0.39, 0.29) is 11.9 Å². The number of hydrogen-bond donors (Lipinski definition) is 1. The van der Waals surface area contributed by atoms with E-state index in [9.17, 15) is 4.79 Å². The zero-order chi connectivity index (χ0) is 14.8. The molecule has 0 atom stereocenters. The second-order valence-corrected chi connectivity index (χ2v) is 5.76. The molecule has 2 aromatic rings. The Morgan fingerprint density at radius 1 is 1.33 bits per heavy atom. The normalized spacial score (nSPS) is 22.2. The van der Waals surface area contributed by atoms with Crippen LogP contribution >= 0.6 is 0 Å². The van der Waals surface area contributed by atoms with Crippen molar-refractivity contribution >= 4 is 5.91 Å². The first-order valence-electron chi connectivity index (χ1n) is 7.44. The molecule has 112 valence electrons. The van der Waals surface area contributed by atoms with Crippen LogP contribution in [-0.4, -0.2) is 31.5 Å². The molecule has 1 amide bonds. The van der Waals surface area contributed by atoms with Crippen LogP contribution < -0.4 is 5.32 Å². The molecule has 0 spiro atoms. The minimum absolute atomic E-state index is 0.0683. The highest BCUT2D eigenvalue weighted by Crippen LogP contribution is 2.27. The molecule has 0 aromatic carbocycles. The van der Waals surface area contributed by atoms with Gasteiger partial charge in [0.2, 0.25) is 0 Å². The number of hydrogen-bond acceptors (Lipinski definition) is 3. The molecule has 0 unspecified atom stereocenters. The molecule has 0 radical (unpaired) electrons. The van der Waals surface area contributed by atoms with Crippen LogP contribution in [0.5, 0.6) is 0 Å². The molecule has 0 aliphatic heterocycles. The number of nitrogens with zero attached hydrogens (tertiary/aromatic N) is 4. The van der Waals surface area contributed by atoms with E-state index in [2.05, 4.69) is 15.5 Å². The van der Waals surface area contributed by atoms with Gasteiger partial charge in [-0.3, -0.25) is 14.2 Å². The lowest BCUT2D eigenvalue weighted by Gasteiger charge is -2.29. The van der Waals surface area contributed by atoms with Gasteiger partial charge in [0, 0.05) is 31.2 Å². The molecule has 6 heteroatoms. The number of carbonyl (C=O) groups excluding carboxylic acids is 1. The minimum atomic E-state index is -0.0683. The molecule has 1 fully saturated rings. The van der Waals surface area contributed by atoms with Gasteiger partial charge in [-0.05, 0) is 44.7 Å². The van der Waals surface area contributed by atoms with Gasteiger partial charge in [-0.2, -0.15) is 10.2 Å². The van der Waals surface area contributed by atoms with Crippen LogP contribution in [0.3, 0.4) is 0 Å². The maximum absolute atomic E-state index is 12.2. The predicted molar refractivity (Wildman–Crippen MR) is 78.9 cm³/mol. The lowest BCUT2D eigenvalue weighted by molar-refractivity contribution is 0.0916. The molecule has 2 aromatic heterocycles. The van der Waals surface area contributed by atoms with Gasteiger partial charge >= 0.3 is 0 Å². The number of rotatable bonds is 3. The molecule has 3 rings (SSSR count). The molecule has 1 aliphatic rings. The van der Waals surface area contributed by atoms with Crippen molar-refractivity contribution < 1.29 is 4.79 Å². The molecule has 0 saturated heterocycles. The monoisotopic (exact) mass is 287 g/mol. The summed E-state index contributed by atoms with van der Waals surface area (Å²) < 4.78 is 3.75. The number of aromatic nitrogens is 4. The van der Waals surface area contributed by atoms with E-state index >= 15 is 0 Å². The van der Waals surface area contributed by atoms with Crippen molar-refractivity contribution in [2.24, 2.45) is 7.05 Å². The number of aryl methyl sites for hydroxylation is 2. The van der Waals surface area contributed by atoms with Crippen LogP contribution in [0.4, 0.5) is 0 Å². The molecular weight excluding hydrogens is 266 g/mol. The summed E-state index contributed by atoms with van der Waals surface area (Å²) in [5.41, 5.74) is 1.49. The third-order valence-electron chi connectivity index (χ3n) is 4.28. The SMILES string of the molecule is Cc1cc(C(=O)NC2CCC(n3cccn3)CC2)nn1C. The molecule has 1 saturated carbocycles. The fourth-order valence-corrected chi connectivity index (χ4v) is 2.91. The Kier molecular flexibility index (Phi) is 3.77.